The lowest BCUT2D eigenvalue weighted by atomic mass is 10.3. The number of hydrogen-bond acceptors (Lipinski definition) is 4. The van der Waals surface area contributed by atoms with Crippen LogP contribution in [0.4, 0.5) is 5.69 Å². The van der Waals surface area contributed by atoms with Gasteiger partial charge in [-0.2, -0.15) is 0 Å². The summed E-state index contributed by atoms with van der Waals surface area (Å²) in [6, 6.07) is 6.13. The largest absolute Gasteiger partial charge is 0.370 e. The van der Waals surface area contributed by atoms with Crippen LogP contribution in [0.25, 0.3) is 0 Å². The quantitative estimate of drug-likeness (QED) is 0.568. The van der Waals surface area contributed by atoms with E-state index in [1.54, 1.807) is 12.1 Å². The lowest BCUT2D eigenvalue weighted by Crippen LogP contribution is -3.14. The van der Waals surface area contributed by atoms with Gasteiger partial charge >= 0.3 is 0 Å². The first-order chi connectivity index (χ1) is 11.0. The van der Waals surface area contributed by atoms with Gasteiger partial charge in [-0.15, -0.1) is 0 Å². The number of amides is 1. The minimum absolute atomic E-state index is 0.190. The number of nitrogens with one attached hydrogen (secondary N) is 3. The summed E-state index contributed by atoms with van der Waals surface area (Å²) >= 11 is 0. The van der Waals surface area contributed by atoms with Crippen LogP contribution in [-0.2, 0) is 19.6 Å². The highest BCUT2D eigenvalue weighted by atomic mass is 32.2. The first-order valence-electron chi connectivity index (χ1n) is 7.76. The van der Waals surface area contributed by atoms with Crippen molar-refractivity contribution in [1.82, 2.24) is 4.72 Å². The van der Waals surface area contributed by atoms with Crippen LogP contribution in [-0.4, -0.2) is 53.7 Å². The van der Waals surface area contributed by atoms with Gasteiger partial charge in [0, 0.05) is 25.6 Å². The summed E-state index contributed by atoms with van der Waals surface area (Å²) in [4.78, 5) is 12.6. The fourth-order valence-electron chi connectivity index (χ4n) is 2.46. The Morgan fingerprint density at radius 3 is 2.48 bits per heavy atom. The Kier molecular flexibility index (Phi) is 6.52. The molecule has 1 fully saturated rings. The van der Waals surface area contributed by atoms with Gasteiger partial charge in [-0.05, 0) is 24.3 Å². The molecule has 3 N–H and O–H groups in total. The third-order valence-corrected chi connectivity index (χ3v) is 5.16. The van der Waals surface area contributed by atoms with Gasteiger partial charge in [-0.25, -0.2) is 13.1 Å². The molecule has 7 nitrogen and oxygen atoms in total. The highest BCUT2D eigenvalue weighted by Crippen LogP contribution is 2.13. The highest BCUT2D eigenvalue weighted by Gasteiger charge is 2.16. The molecule has 0 atom stereocenters. The number of anilines is 1. The SMILES string of the molecule is CC(=O)Nc1ccc(S(=O)(=O)NCCC[NH+]2CCOCC2)cc1. The predicted molar refractivity (Wildman–Crippen MR) is 86.9 cm³/mol. The van der Waals surface area contributed by atoms with Gasteiger partial charge in [0.05, 0.1) is 24.7 Å². The van der Waals surface area contributed by atoms with Gasteiger partial charge in [0.2, 0.25) is 15.9 Å². The Balaban J connectivity index is 1.80. The summed E-state index contributed by atoms with van der Waals surface area (Å²) in [6.07, 6.45) is 0.790. The Morgan fingerprint density at radius 2 is 1.87 bits per heavy atom. The molecule has 1 aliphatic heterocycles. The van der Waals surface area contributed by atoms with Crippen LogP contribution in [0.2, 0.25) is 0 Å². The zero-order valence-electron chi connectivity index (χ0n) is 13.3. The zero-order valence-corrected chi connectivity index (χ0v) is 14.1. The van der Waals surface area contributed by atoms with Gasteiger partial charge in [0.1, 0.15) is 13.1 Å². The average molecular weight is 342 g/mol. The van der Waals surface area contributed by atoms with Crippen LogP contribution in [0.3, 0.4) is 0 Å². The van der Waals surface area contributed by atoms with E-state index in [0.717, 1.165) is 39.3 Å². The summed E-state index contributed by atoms with van der Waals surface area (Å²) in [7, 11) is -3.51. The first-order valence-corrected chi connectivity index (χ1v) is 9.24. The molecule has 0 aliphatic carbocycles. The van der Waals surface area contributed by atoms with Crippen molar-refractivity contribution in [2.45, 2.75) is 18.2 Å². The lowest BCUT2D eigenvalue weighted by molar-refractivity contribution is -0.908. The van der Waals surface area contributed by atoms with E-state index in [1.807, 2.05) is 0 Å². The molecule has 0 radical (unpaired) electrons. The standard InChI is InChI=1S/C15H23N3O4S/c1-13(19)17-14-3-5-15(6-4-14)23(20,21)16-7-2-8-18-9-11-22-12-10-18/h3-6,16H,2,7-12H2,1H3,(H,17,19)/p+1. The number of hydrogen-bond donors (Lipinski definition) is 3. The monoisotopic (exact) mass is 342 g/mol. The molecule has 0 bridgehead atoms. The summed E-state index contributed by atoms with van der Waals surface area (Å²) < 4.78 is 32.3. The van der Waals surface area contributed by atoms with Gasteiger partial charge in [0.15, 0.2) is 0 Å². The minimum atomic E-state index is -3.51. The molecule has 0 aromatic heterocycles. The number of sulfonamides is 1. The molecule has 1 aliphatic rings. The van der Waals surface area contributed by atoms with Crippen LogP contribution >= 0.6 is 0 Å². The summed E-state index contributed by atoms with van der Waals surface area (Å²) in [6.45, 7) is 6.29. The van der Waals surface area contributed by atoms with Crippen LogP contribution in [0.1, 0.15) is 13.3 Å². The molecule has 1 aromatic rings. The van der Waals surface area contributed by atoms with Crippen LogP contribution in [0.5, 0.6) is 0 Å². The molecule has 0 saturated carbocycles. The van der Waals surface area contributed by atoms with E-state index in [0.29, 0.717) is 12.2 Å². The zero-order chi connectivity index (χ0) is 16.7. The number of carbonyl (C=O) groups excluding carboxylic acids is 1. The maximum atomic E-state index is 12.2. The van der Waals surface area contributed by atoms with Crippen molar-refractivity contribution in [2.24, 2.45) is 0 Å². The van der Waals surface area contributed by atoms with Gasteiger partial charge in [-0.1, -0.05) is 0 Å². The maximum Gasteiger partial charge on any atom is 0.240 e. The van der Waals surface area contributed by atoms with Crippen molar-refractivity contribution in [3.05, 3.63) is 24.3 Å². The average Bonchev–Trinajstić information content (AvgIpc) is 2.53. The maximum absolute atomic E-state index is 12.2. The number of ether oxygens (including phenoxy) is 1. The molecule has 128 valence electrons. The second-order valence-electron chi connectivity index (χ2n) is 5.57. The molecule has 23 heavy (non-hydrogen) atoms. The van der Waals surface area contributed by atoms with Crippen molar-refractivity contribution in [3.63, 3.8) is 0 Å². The Hall–Kier alpha value is -1.48. The molecule has 2 rings (SSSR count). The Morgan fingerprint density at radius 1 is 1.22 bits per heavy atom. The van der Waals surface area contributed by atoms with Crippen molar-refractivity contribution in [1.29, 1.82) is 0 Å². The van der Waals surface area contributed by atoms with Crippen molar-refractivity contribution in [2.75, 3.05) is 44.7 Å². The number of rotatable bonds is 7. The van der Waals surface area contributed by atoms with Crippen LogP contribution in [0.15, 0.2) is 29.2 Å². The number of quaternary nitrogens is 1. The molecule has 1 amide bonds. The van der Waals surface area contributed by atoms with Gasteiger partial charge in [-0.3, -0.25) is 4.79 Å². The molecular formula is C15H24N3O4S+. The second kappa shape index (κ2) is 8.39. The predicted octanol–water partition coefficient (Wildman–Crippen LogP) is -0.771. The van der Waals surface area contributed by atoms with Crippen molar-refractivity contribution >= 4 is 21.6 Å². The van der Waals surface area contributed by atoms with E-state index < -0.39 is 10.0 Å². The number of morpholine rings is 1. The molecular weight excluding hydrogens is 318 g/mol. The molecule has 0 unspecified atom stereocenters. The third kappa shape index (κ3) is 5.91. The minimum Gasteiger partial charge on any atom is -0.370 e. The molecule has 1 saturated heterocycles. The second-order valence-corrected chi connectivity index (χ2v) is 7.34. The summed E-state index contributed by atoms with van der Waals surface area (Å²) in [5.41, 5.74) is 0.576. The van der Waals surface area contributed by atoms with Gasteiger partial charge < -0.3 is 15.0 Å². The molecule has 8 heteroatoms. The van der Waals surface area contributed by atoms with E-state index in [2.05, 4.69) is 10.0 Å². The van der Waals surface area contributed by atoms with E-state index >= 15 is 0 Å². The fourth-order valence-corrected chi connectivity index (χ4v) is 3.53. The number of carbonyl (C=O) groups is 1. The van der Waals surface area contributed by atoms with Crippen LogP contribution < -0.4 is 14.9 Å². The fraction of sp³-hybridized carbons (Fsp3) is 0.533. The highest BCUT2D eigenvalue weighted by molar-refractivity contribution is 7.89. The first kappa shape index (κ1) is 17.9. The van der Waals surface area contributed by atoms with E-state index in [-0.39, 0.29) is 10.8 Å². The van der Waals surface area contributed by atoms with Crippen molar-refractivity contribution in [3.8, 4) is 0 Å². The molecule has 0 spiro atoms. The van der Waals surface area contributed by atoms with Gasteiger partial charge in [0.25, 0.3) is 0 Å². The third-order valence-electron chi connectivity index (χ3n) is 3.68. The van der Waals surface area contributed by atoms with E-state index in [4.69, 9.17) is 4.74 Å². The summed E-state index contributed by atoms with van der Waals surface area (Å²) in [5.74, 6) is -0.190. The Labute approximate surface area is 137 Å². The van der Waals surface area contributed by atoms with E-state index in [1.165, 1.54) is 24.0 Å². The number of benzene rings is 1. The summed E-state index contributed by atoms with van der Waals surface area (Å²) in [5, 5.41) is 2.60. The lowest BCUT2D eigenvalue weighted by Gasteiger charge is -2.23. The smallest absolute Gasteiger partial charge is 0.240 e. The van der Waals surface area contributed by atoms with Crippen molar-refractivity contribution < 1.29 is 22.8 Å². The normalized spacial score (nSPS) is 16.2. The molecule has 1 heterocycles. The molecule has 1 aromatic carbocycles. The van der Waals surface area contributed by atoms with E-state index in [9.17, 15) is 13.2 Å². The topological polar surface area (TPSA) is 88.9 Å². The van der Waals surface area contributed by atoms with Crippen LogP contribution in [0, 0.1) is 0 Å². The Bertz CT molecular complexity index is 610.